The van der Waals surface area contributed by atoms with Crippen LogP contribution >= 0.6 is 0 Å². The molecule has 3 aromatic rings. The summed E-state index contributed by atoms with van der Waals surface area (Å²) in [5.74, 6) is -0.234. The van der Waals surface area contributed by atoms with E-state index in [1.807, 2.05) is 0 Å². The first kappa shape index (κ1) is 17.3. The van der Waals surface area contributed by atoms with Gasteiger partial charge in [-0.15, -0.1) is 5.10 Å². The Kier molecular flexibility index (Phi) is 3.45. The van der Waals surface area contributed by atoms with Gasteiger partial charge in [-0.2, -0.15) is 5.10 Å². The van der Waals surface area contributed by atoms with Gasteiger partial charge in [0.1, 0.15) is 17.8 Å². The van der Waals surface area contributed by atoms with Crippen molar-refractivity contribution in [3.8, 4) is 17.2 Å². The molecular weight excluding hydrogens is 364 g/mol. The number of nitrogens with zero attached hydrogens (tertiary/aromatic N) is 3. The Morgan fingerprint density at radius 3 is 2.61 bits per heavy atom. The molecule has 0 radical (unpaired) electrons. The van der Waals surface area contributed by atoms with Gasteiger partial charge < -0.3 is 9.15 Å². The van der Waals surface area contributed by atoms with Crippen molar-refractivity contribution >= 4 is 0 Å². The molecule has 0 spiro atoms. The zero-order chi connectivity index (χ0) is 19.7. The smallest absolute Gasteiger partial charge is 0.304 e. The van der Waals surface area contributed by atoms with Gasteiger partial charge in [-0.1, -0.05) is 19.9 Å². The van der Waals surface area contributed by atoms with Gasteiger partial charge >= 0.3 is 5.95 Å². The SMILES string of the molecule is COc1cnc([C@@]23CC[C@@H](c4cc(-c5c(F)cccc5F)nnc42)C3(C)C)o1. The second-order valence-electron chi connectivity index (χ2n) is 8.04. The van der Waals surface area contributed by atoms with Gasteiger partial charge in [0.2, 0.25) is 5.89 Å². The highest BCUT2D eigenvalue weighted by Gasteiger charge is 2.66. The minimum Gasteiger partial charge on any atom is -0.467 e. The quantitative estimate of drug-likeness (QED) is 0.660. The molecule has 0 amide bonds. The third-order valence-corrected chi connectivity index (χ3v) is 6.65. The first-order chi connectivity index (χ1) is 13.4. The van der Waals surface area contributed by atoms with Crippen LogP contribution < -0.4 is 4.74 Å². The van der Waals surface area contributed by atoms with E-state index in [9.17, 15) is 8.78 Å². The van der Waals surface area contributed by atoms with Crippen LogP contribution in [0.5, 0.6) is 5.95 Å². The summed E-state index contributed by atoms with van der Waals surface area (Å²) in [7, 11) is 1.53. The molecule has 2 atom stereocenters. The summed E-state index contributed by atoms with van der Waals surface area (Å²) in [5.41, 5.74) is 1.03. The van der Waals surface area contributed by atoms with E-state index in [0.29, 0.717) is 11.8 Å². The summed E-state index contributed by atoms with van der Waals surface area (Å²) in [4.78, 5) is 4.46. The number of ether oxygens (including phenoxy) is 1. The number of methoxy groups -OCH3 is 1. The van der Waals surface area contributed by atoms with Crippen LogP contribution in [0.15, 0.2) is 34.9 Å². The maximum Gasteiger partial charge on any atom is 0.304 e. The van der Waals surface area contributed by atoms with E-state index in [2.05, 4.69) is 29.0 Å². The monoisotopic (exact) mass is 383 g/mol. The number of oxazole rings is 1. The Balaban J connectivity index is 1.71. The normalized spacial score (nSPS) is 24.4. The molecule has 1 fully saturated rings. The lowest BCUT2D eigenvalue weighted by molar-refractivity contribution is 0.191. The second kappa shape index (κ2) is 5.59. The minimum absolute atomic E-state index is 0.148. The highest BCUT2D eigenvalue weighted by molar-refractivity contribution is 5.63. The Morgan fingerprint density at radius 1 is 1.18 bits per heavy atom. The van der Waals surface area contributed by atoms with E-state index in [-0.39, 0.29) is 22.6 Å². The molecule has 2 aliphatic rings. The van der Waals surface area contributed by atoms with Crippen molar-refractivity contribution in [2.24, 2.45) is 5.41 Å². The Hall–Kier alpha value is -2.83. The standard InChI is InChI=1S/C21H19F2N3O2/c1-20(2)12-7-8-21(20,19-24-10-16(27-3)28-19)18-11(12)9-15(25-26-18)17-13(22)5-4-6-14(17)23/h4-6,9-10,12H,7-8H2,1-3H3/t12-,21+/m0/s1. The van der Waals surface area contributed by atoms with Crippen LogP contribution in [0.3, 0.4) is 0 Å². The molecule has 0 saturated heterocycles. The summed E-state index contributed by atoms with van der Waals surface area (Å²) in [6, 6.07) is 5.57. The number of rotatable bonds is 3. The average Bonchev–Trinajstić information content (AvgIpc) is 3.30. The predicted octanol–water partition coefficient (Wildman–Crippen LogP) is 4.62. The maximum absolute atomic E-state index is 14.3. The van der Waals surface area contributed by atoms with Gasteiger partial charge in [-0.25, -0.2) is 13.8 Å². The van der Waals surface area contributed by atoms with Crippen molar-refractivity contribution in [2.75, 3.05) is 7.11 Å². The van der Waals surface area contributed by atoms with Gasteiger partial charge in [0.15, 0.2) is 0 Å². The van der Waals surface area contributed by atoms with Crippen molar-refractivity contribution in [2.45, 2.75) is 38.0 Å². The molecule has 2 aliphatic carbocycles. The molecule has 28 heavy (non-hydrogen) atoms. The summed E-state index contributed by atoms with van der Waals surface area (Å²) >= 11 is 0. The van der Waals surface area contributed by atoms with Crippen molar-refractivity contribution in [3.63, 3.8) is 0 Å². The zero-order valence-corrected chi connectivity index (χ0v) is 15.8. The lowest BCUT2D eigenvalue weighted by atomic mass is 9.68. The van der Waals surface area contributed by atoms with E-state index in [0.717, 1.165) is 24.1 Å². The molecule has 0 N–H and O–H groups in total. The molecule has 0 unspecified atom stereocenters. The van der Waals surface area contributed by atoms with Crippen LogP contribution in [-0.4, -0.2) is 22.3 Å². The lowest BCUT2D eigenvalue weighted by Gasteiger charge is -2.34. The highest BCUT2D eigenvalue weighted by atomic mass is 19.1. The lowest BCUT2D eigenvalue weighted by Crippen LogP contribution is -2.37. The first-order valence-electron chi connectivity index (χ1n) is 9.23. The Morgan fingerprint density at radius 2 is 1.93 bits per heavy atom. The summed E-state index contributed by atoms with van der Waals surface area (Å²) < 4.78 is 39.6. The summed E-state index contributed by atoms with van der Waals surface area (Å²) in [6.45, 7) is 4.32. The van der Waals surface area contributed by atoms with Gasteiger partial charge in [-0.05, 0) is 47.9 Å². The van der Waals surface area contributed by atoms with Gasteiger partial charge in [0, 0.05) is 0 Å². The minimum atomic E-state index is -0.649. The topological polar surface area (TPSA) is 61.0 Å². The van der Waals surface area contributed by atoms with Crippen LogP contribution in [0.2, 0.25) is 0 Å². The van der Waals surface area contributed by atoms with Gasteiger partial charge in [0.25, 0.3) is 0 Å². The molecule has 1 saturated carbocycles. The van der Waals surface area contributed by atoms with Gasteiger partial charge in [-0.3, -0.25) is 0 Å². The van der Waals surface area contributed by atoms with Crippen molar-refractivity contribution < 1.29 is 17.9 Å². The van der Waals surface area contributed by atoms with Crippen LogP contribution in [0, 0.1) is 17.0 Å². The maximum atomic E-state index is 14.3. The number of hydrogen-bond acceptors (Lipinski definition) is 5. The van der Waals surface area contributed by atoms with E-state index in [1.165, 1.54) is 25.3 Å². The number of halogens is 2. The van der Waals surface area contributed by atoms with Crippen LogP contribution in [-0.2, 0) is 5.41 Å². The van der Waals surface area contributed by atoms with E-state index >= 15 is 0 Å². The molecule has 2 aromatic heterocycles. The number of benzene rings is 1. The largest absolute Gasteiger partial charge is 0.467 e. The third kappa shape index (κ3) is 1.96. The summed E-state index contributed by atoms with van der Waals surface area (Å²) in [6.07, 6.45) is 3.29. The van der Waals surface area contributed by atoms with Crippen molar-refractivity contribution in [1.82, 2.24) is 15.2 Å². The van der Waals surface area contributed by atoms with E-state index in [4.69, 9.17) is 9.15 Å². The molecule has 5 nitrogen and oxygen atoms in total. The summed E-state index contributed by atoms with van der Waals surface area (Å²) in [5, 5.41) is 8.65. The van der Waals surface area contributed by atoms with Crippen molar-refractivity contribution in [1.29, 1.82) is 0 Å². The molecule has 7 heteroatoms. The average molecular weight is 383 g/mol. The van der Waals surface area contributed by atoms with E-state index in [1.54, 1.807) is 12.3 Å². The molecule has 0 aliphatic heterocycles. The highest BCUT2D eigenvalue weighted by Crippen LogP contribution is 2.69. The molecule has 144 valence electrons. The van der Waals surface area contributed by atoms with E-state index < -0.39 is 17.0 Å². The van der Waals surface area contributed by atoms with Crippen LogP contribution in [0.1, 0.15) is 49.8 Å². The fourth-order valence-corrected chi connectivity index (χ4v) is 5.21. The number of fused-ring (bicyclic) bond motifs is 5. The predicted molar refractivity (Wildman–Crippen MR) is 97.0 cm³/mol. The zero-order valence-electron chi connectivity index (χ0n) is 15.8. The first-order valence-corrected chi connectivity index (χ1v) is 9.23. The number of hydrogen-bond donors (Lipinski definition) is 0. The molecule has 2 bridgehead atoms. The fourth-order valence-electron chi connectivity index (χ4n) is 5.21. The Bertz CT molecular complexity index is 1070. The molecule has 2 heterocycles. The fraction of sp³-hybridized carbons (Fsp3) is 0.381. The third-order valence-electron chi connectivity index (χ3n) is 6.65. The second-order valence-corrected chi connectivity index (χ2v) is 8.04. The Labute approximate surface area is 160 Å². The molecular formula is C21H19F2N3O2. The van der Waals surface area contributed by atoms with Gasteiger partial charge in [0.05, 0.1) is 29.5 Å². The van der Waals surface area contributed by atoms with Crippen LogP contribution in [0.25, 0.3) is 11.3 Å². The van der Waals surface area contributed by atoms with Crippen LogP contribution in [0.4, 0.5) is 8.78 Å². The molecule has 5 rings (SSSR count). The molecule has 1 aromatic carbocycles. The number of aromatic nitrogens is 3. The van der Waals surface area contributed by atoms with Crippen molar-refractivity contribution in [3.05, 3.63) is 59.2 Å².